The summed E-state index contributed by atoms with van der Waals surface area (Å²) in [5, 5.41) is 16.1. The summed E-state index contributed by atoms with van der Waals surface area (Å²) in [5.41, 5.74) is 6.78. The number of rotatable bonds is 3. The third-order valence-electron chi connectivity index (χ3n) is 5.17. The molecule has 0 aliphatic rings. The van der Waals surface area contributed by atoms with Crippen LogP contribution in [0, 0.1) is 5.82 Å². The van der Waals surface area contributed by atoms with Crippen LogP contribution in [0.4, 0.5) is 4.39 Å². The van der Waals surface area contributed by atoms with Gasteiger partial charge in [0.15, 0.2) is 5.65 Å². The number of hydrogen-bond donors (Lipinski definition) is 3. The summed E-state index contributed by atoms with van der Waals surface area (Å²) in [6.07, 6.45) is 7.11. The first-order chi connectivity index (χ1) is 14.8. The van der Waals surface area contributed by atoms with Gasteiger partial charge >= 0.3 is 0 Å². The van der Waals surface area contributed by atoms with E-state index in [-0.39, 0.29) is 5.82 Å². The maximum atomic E-state index is 13.3. The van der Waals surface area contributed by atoms with E-state index in [0.29, 0.717) is 5.65 Å². The Balaban J connectivity index is 1.52. The molecule has 1 aromatic carbocycles. The van der Waals surface area contributed by atoms with Gasteiger partial charge in [0.25, 0.3) is 0 Å². The van der Waals surface area contributed by atoms with Gasteiger partial charge in [0.05, 0.1) is 17.6 Å². The lowest BCUT2D eigenvalue weighted by molar-refractivity contribution is 0.628. The molecule has 3 N–H and O–H groups in total. The van der Waals surface area contributed by atoms with Crippen LogP contribution in [0.1, 0.15) is 0 Å². The molecule has 144 valence electrons. The molecule has 30 heavy (non-hydrogen) atoms. The fourth-order valence-corrected chi connectivity index (χ4v) is 3.69. The predicted octanol–water partition coefficient (Wildman–Crippen LogP) is 4.70. The molecule has 8 heteroatoms. The van der Waals surface area contributed by atoms with Gasteiger partial charge in [-0.1, -0.05) is 0 Å². The van der Waals surface area contributed by atoms with E-state index in [1.807, 2.05) is 24.4 Å². The van der Waals surface area contributed by atoms with E-state index in [1.54, 1.807) is 30.7 Å². The third kappa shape index (κ3) is 2.58. The first-order valence-electron chi connectivity index (χ1n) is 9.33. The highest BCUT2D eigenvalue weighted by atomic mass is 19.1. The van der Waals surface area contributed by atoms with Crippen molar-refractivity contribution in [2.45, 2.75) is 0 Å². The number of H-pyrrole nitrogens is 3. The Morgan fingerprint density at radius 3 is 2.53 bits per heavy atom. The van der Waals surface area contributed by atoms with Gasteiger partial charge in [-0.3, -0.25) is 15.2 Å². The fraction of sp³-hybridized carbons (Fsp3) is 0. The van der Waals surface area contributed by atoms with Crippen molar-refractivity contribution >= 4 is 21.9 Å². The summed E-state index contributed by atoms with van der Waals surface area (Å²) in [6.45, 7) is 0. The highest BCUT2D eigenvalue weighted by molar-refractivity contribution is 5.99. The first-order valence-corrected chi connectivity index (χ1v) is 9.33. The van der Waals surface area contributed by atoms with Crippen molar-refractivity contribution in [3.63, 3.8) is 0 Å². The van der Waals surface area contributed by atoms with Crippen molar-refractivity contribution in [1.29, 1.82) is 0 Å². The molecule has 0 saturated heterocycles. The second kappa shape index (κ2) is 6.35. The largest absolute Gasteiger partial charge is 0.353 e. The lowest BCUT2D eigenvalue weighted by Gasteiger charge is -2.02. The third-order valence-corrected chi connectivity index (χ3v) is 5.17. The van der Waals surface area contributed by atoms with Crippen molar-refractivity contribution in [2.75, 3.05) is 0 Å². The van der Waals surface area contributed by atoms with Crippen LogP contribution in [0.15, 0.2) is 67.3 Å². The molecule has 5 aromatic heterocycles. The van der Waals surface area contributed by atoms with Gasteiger partial charge < -0.3 is 4.98 Å². The number of aromatic amines is 3. The minimum atomic E-state index is -0.274. The fourth-order valence-electron chi connectivity index (χ4n) is 3.69. The number of halogens is 1. The molecule has 6 rings (SSSR count). The Morgan fingerprint density at radius 2 is 1.70 bits per heavy atom. The van der Waals surface area contributed by atoms with Gasteiger partial charge in [0.1, 0.15) is 11.5 Å². The molecule has 0 bridgehead atoms. The van der Waals surface area contributed by atoms with Crippen LogP contribution in [0.2, 0.25) is 0 Å². The van der Waals surface area contributed by atoms with Crippen molar-refractivity contribution in [3.8, 4) is 33.8 Å². The van der Waals surface area contributed by atoms with Gasteiger partial charge in [-0.15, -0.1) is 0 Å². The molecule has 5 heterocycles. The van der Waals surface area contributed by atoms with Crippen LogP contribution < -0.4 is 0 Å². The molecular weight excluding hydrogens is 381 g/mol. The summed E-state index contributed by atoms with van der Waals surface area (Å²) >= 11 is 0. The minimum absolute atomic E-state index is 0.274. The number of benzene rings is 1. The Labute approximate surface area is 169 Å². The lowest BCUT2D eigenvalue weighted by atomic mass is 10.1. The Kier molecular flexibility index (Phi) is 3.51. The Bertz CT molecular complexity index is 1490. The van der Waals surface area contributed by atoms with Gasteiger partial charge in [-0.25, -0.2) is 9.37 Å². The summed E-state index contributed by atoms with van der Waals surface area (Å²) in [7, 11) is 0. The zero-order valence-corrected chi connectivity index (χ0v) is 15.5. The maximum absolute atomic E-state index is 13.3. The van der Waals surface area contributed by atoms with Crippen LogP contribution >= 0.6 is 0 Å². The van der Waals surface area contributed by atoms with Crippen LogP contribution in [-0.2, 0) is 0 Å². The van der Waals surface area contributed by atoms with Crippen molar-refractivity contribution in [3.05, 3.63) is 73.1 Å². The number of aromatic nitrogens is 7. The molecule has 0 aliphatic heterocycles. The van der Waals surface area contributed by atoms with Crippen molar-refractivity contribution in [1.82, 2.24) is 35.3 Å². The number of nitrogens with zero attached hydrogens (tertiary/aromatic N) is 4. The van der Waals surface area contributed by atoms with E-state index in [0.717, 1.165) is 50.1 Å². The van der Waals surface area contributed by atoms with Crippen LogP contribution in [-0.4, -0.2) is 35.3 Å². The molecular formula is C22H14FN7. The number of fused-ring (bicyclic) bond motifs is 2. The molecule has 7 nitrogen and oxygen atoms in total. The highest BCUT2D eigenvalue weighted by Gasteiger charge is 2.15. The molecule has 0 spiro atoms. The van der Waals surface area contributed by atoms with E-state index in [9.17, 15) is 4.39 Å². The summed E-state index contributed by atoms with van der Waals surface area (Å²) in [5.74, 6) is -0.274. The molecule has 0 atom stereocenters. The van der Waals surface area contributed by atoms with Gasteiger partial charge in [-0.2, -0.15) is 10.2 Å². The normalized spacial score (nSPS) is 11.5. The van der Waals surface area contributed by atoms with Gasteiger partial charge in [-0.05, 0) is 42.5 Å². The van der Waals surface area contributed by atoms with E-state index in [1.165, 1.54) is 12.1 Å². The summed E-state index contributed by atoms with van der Waals surface area (Å²) in [4.78, 5) is 12.4. The molecule has 0 fully saturated rings. The standard InChI is InChI=1S/C22H14FN7/c23-15-3-1-12(2-4-15)20-16-8-19(28-18(16)5-6-24-20)21-17-7-13(14-10-26-27-11-14)9-25-22(17)30-29-21/h1-11,28H,(H,26,27)(H,25,29,30). The zero-order valence-electron chi connectivity index (χ0n) is 15.5. The smallest absolute Gasteiger partial charge is 0.155 e. The number of pyridine rings is 2. The molecule has 0 aliphatic carbocycles. The maximum Gasteiger partial charge on any atom is 0.155 e. The molecule has 0 radical (unpaired) electrons. The predicted molar refractivity (Wildman–Crippen MR) is 112 cm³/mol. The number of nitrogens with one attached hydrogen (secondary N) is 3. The minimum Gasteiger partial charge on any atom is -0.353 e. The van der Waals surface area contributed by atoms with E-state index >= 15 is 0 Å². The van der Waals surface area contributed by atoms with Crippen LogP contribution in [0.3, 0.4) is 0 Å². The summed E-state index contributed by atoms with van der Waals surface area (Å²) < 4.78 is 13.3. The quantitative estimate of drug-likeness (QED) is 0.404. The van der Waals surface area contributed by atoms with Gasteiger partial charge in [0, 0.05) is 51.6 Å². The Morgan fingerprint density at radius 1 is 0.800 bits per heavy atom. The van der Waals surface area contributed by atoms with E-state index in [4.69, 9.17) is 0 Å². The average Bonchev–Trinajstić information content (AvgIpc) is 3.52. The van der Waals surface area contributed by atoms with Crippen molar-refractivity contribution in [2.24, 2.45) is 0 Å². The van der Waals surface area contributed by atoms with Crippen LogP contribution in [0.25, 0.3) is 55.7 Å². The zero-order chi connectivity index (χ0) is 20.1. The monoisotopic (exact) mass is 395 g/mol. The SMILES string of the molecule is Fc1ccc(-c2nccc3[nH]c(-c4n[nH]c5ncc(-c6cn[nH]c6)cc45)cc23)cc1. The molecule has 0 saturated carbocycles. The van der Waals surface area contributed by atoms with E-state index in [2.05, 4.69) is 35.3 Å². The van der Waals surface area contributed by atoms with Gasteiger partial charge in [0.2, 0.25) is 0 Å². The second-order valence-corrected chi connectivity index (χ2v) is 6.99. The average molecular weight is 395 g/mol. The van der Waals surface area contributed by atoms with E-state index < -0.39 is 0 Å². The molecule has 0 amide bonds. The highest BCUT2D eigenvalue weighted by Crippen LogP contribution is 2.33. The van der Waals surface area contributed by atoms with Crippen LogP contribution in [0.5, 0.6) is 0 Å². The first kappa shape index (κ1) is 16.6. The number of hydrogen-bond acceptors (Lipinski definition) is 4. The molecule has 6 aromatic rings. The lowest BCUT2D eigenvalue weighted by Crippen LogP contribution is -1.84. The Hall–Kier alpha value is -4.33. The topological polar surface area (TPSA) is 98.9 Å². The molecule has 0 unspecified atom stereocenters. The summed E-state index contributed by atoms with van der Waals surface area (Å²) in [6, 6.07) is 12.3. The van der Waals surface area contributed by atoms with Crippen molar-refractivity contribution < 1.29 is 4.39 Å². The second-order valence-electron chi connectivity index (χ2n) is 6.99.